The quantitative estimate of drug-likeness (QED) is 0.759. The molecule has 1 aromatic carbocycles. The van der Waals surface area contributed by atoms with Crippen molar-refractivity contribution in [3.63, 3.8) is 0 Å². The van der Waals surface area contributed by atoms with Gasteiger partial charge < -0.3 is 10.2 Å². The lowest BCUT2D eigenvalue weighted by molar-refractivity contribution is 0.406. The standard InChI is InChI=1S/C19H26O2/c1-5-6-14-10-17(20)19(18(21)11-14)16-9-13(4)7-8-15(16)12(2)3/h9-11,15-16,20-21H,2,5-8H2,1,3-4H3/t15-,16-/m1/s1. The number of hydrogen-bond donors (Lipinski definition) is 2. The van der Waals surface area contributed by atoms with E-state index in [0.717, 1.165) is 36.8 Å². The van der Waals surface area contributed by atoms with E-state index in [0.29, 0.717) is 5.56 Å². The Bertz CT molecular complexity index is 546. The average Bonchev–Trinajstić information content (AvgIpc) is 2.38. The minimum Gasteiger partial charge on any atom is -0.507 e. The third-order valence-electron chi connectivity index (χ3n) is 4.45. The molecule has 0 amide bonds. The first-order chi connectivity index (χ1) is 9.93. The molecule has 0 unspecified atom stereocenters. The minimum atomic E-state index is 0.0203. The maximum absolute atomic E-state index is 10.4. The van der Waals surface area contributed by atoms with Crippen LogP contribution in [0.25, 0.3) is 0 Å². The number of aryl methyl sites for hydroxylation is 1. The topological polar surface area (TPSA) is 40.5 Å². The van der Waals surface area contributed by atoms with E-state index in [1.807, 2.05) is 6.92 Å². The number of allylic oxidation sites excluding steroid dienone is 3. The summed E-state index contributed by atoms with van der Waals surface area (Å²) in [6, 6.07) is 3.59. The Morgan fingerprint density at radius 2 is 1.90 bits per heavy atom. The second-order valence-corrected chi connectivity index (χ2v) is 6.33. The van der Waals surface area contributed by atoms with Crippen molar-refractivity contribution in [1.29, 1.82) is 0 Å². The lowest BCUT2D eigenvalue weighted by atomic mass is 9.73. The van der Waals surface area contributed by atoms with E-state index in [-0.39, 0.29) is 23.3 Å². The van der Waals surface area contributed by atoms with Crippen LogP contribution in [0.3, 0.4) is 0 Å². The van der Waals surface area contributed by atoms with Crippen LogP contribution in [-0.4, -0.2) is 10.2 Å². The Morgan fingerprint density at radius 1 is 1.29 bits per heavy atom. The Kier molecular flexibility index (Phi) is 4.76. The van der Waals surface area contributed by atoms with Gasteiger partial charge in [0.05, 0.1) is 0 Å². The molecule has 2 atom stereocenters. The average molecular weight is 286 g/mol. The van der Waals surface area contributed by atoms with Gasteiger partial charge in [0.2, 0.25) is 0 Å². The van der Waals surface area contributed by atoms with Crippen molar-refractivity contribution >= 4 is 0 Å². The summed E-state index contributed by atoms with van der Waals surface area (Å²) in [5.74, 6) is 0.718. The van der Waals surface area contributed by atoms with Crippen LogP contribution in [0.5, 0.6) is 11.5 Å². The van der Waals surface area contributed by atoms with Gasteiger partial charge in [-0.3, -0.25) is 0 Å². The van der Waals surface area contributed by atoms with Crippen LogP contribution in [0.2, 0.25) is 0 Å². The molecule has 0 heterocycles. The number of phenolic OH excluding ortho intramolecular Hbond substituents is 2. The molecule has 0 saturated carbocycles. The lowest BCUT2D eigenvalue weighted by Gasteiger charge is -2.31. The molecule has 2 rings (SSSR count). The van der Waals surface area contributed by atoms with E-state index in [2.05, 4.69) is 26.5 Å². The molecule has 114 valence electrons. The number of aromatic hydroxyl groups is 2. The Labute approximate surface area is 127 Å². The zero-order chi connectivity index (χ0) is 15.6. The van der Waals surface area contributed by atoms with E-state index in [1.165, 1.54) is 5.57 Å². The van der Waals surface area contributed by atoms with Crippen LogP contribution in [0.15, 0.2) is 35.9 Å². The second kappa shape index (κ2) is 6.38. The SMILES string of the molecule is C=C(C)[C@H]1CCC(C)=C[C@H]1c1c(O)cc(CCC)cc1O. The first-order valence-electron chi connectivity index (χ1n) is 7.81. The molecule has 0 aromatic heterocycles. The molecule has 2 N–H and O–H groups in total. The molecule has 2 heteroatoms. The molecule has 2 nitrogen and oxygen atoms in total. The third kappa shape index (κ3) is 3.31. The molecule has 0 fully saturated rings. The molecule has 1 aromatic rings. The lowest BCUT2D eigenvalue weighted by Crippen LogP contribution is -2.17. The molecule has 1 aliphatic rings. The normalized spacial score (nSPS) is 22.0. The Morgan fingerprint density at radius 3 is 2.43 bits per heavy atom. The molecule has 0 aliphatic heterocycles. The fraction of sp³-hybridized carbons (Fsp3) is 0.474. The second-order valence-electron chi connectivity index (χ2n) is 6.33. The molecule has 0 radical (unpaired) electrons. The molecular weight excluding hydrogens is 260 g/mol. The van der Waals surface area contributed by atoms with Gasteiger partial charge in [-0.15, -0.1) is 0 Å². The van der Waals surface area contributed by atoms with Crippen molar-refractivity contribution in [2.45, 2.75) is 52.4 Å². The van der Waals surface area contributed by atoms with Gasteiger partial charge in [0.15, 0.2) is 0 Å². The predicted octanol–water partition coefficient (Wildman–Crippen LogP) is 5.07. The van der Waals surface area contributed by atoms with Crippen molar-refractivity contribution in [2.24, 2.45) is 5.92 Å². The largest absolute Gasteiger partial charge is 0.507 e. The summed E-state index contributed by atoms with van der Waals surface area (Å²) in [5.41, 5.74) is 4.07. The minimum absolute atomic E-state index is 0.0203. The summed E-state index contributed by atoms with van der Waals surface area (Å²) >= 11 is 0. The number of hydrogen-bond acceptors (Lipinski definition) is 2. The molecular formula is C19H26O2. The van der Waals surface area contributed by atoms with Crippen LogP contribution < -0.4 is 0 Å². The van der Waals surface area contributed by atoms with Crippen molar-refractivity contribution in [3.05, 3.63) is 47.1 Å². The first kappa shape index (κ1) is 15.7. The number of phenols is 2. The van der Waals surface area contributed by atoms with Crippen molar-refractivity contribution in [1.82, 2.24) is 0 Å². The molecule has 0 spiro atoms. The van der Waals surface area contributed by atoms with Crippen LogP contribution in [0, 0.1) is 5.92 Å². The summed E-state index contributed by atoms with van der Waals surface area (Å²) in [5, 5.41) is 20.8. The Balaban J connectivity index is 2.48. The fourth-order valence-corrected chi connectivity index (χ4v) is 3.36. The third-order valence-corrected chi connectivity index (χ3v) is 4.45. The van der Waals surface area contributed by atoms with Crippen molar-refractivity contribution < 1.29 is 10.2 Å². The summed E-state index contributed by atoms with van der Waals surface area (Å²) < 4.78 is 0. The summed E-state index contributed by atoms with van der Waals surface area (Å²) in [7, 11) is 0. The van der Waals surface area contributed by atoms with E-state index in [4.69, 9.17) is 0 Å². The summed E-state index contributed by atoms with van der Waals surface area (Å²) in [6.07, 6.45) is 6.12. The van der Waals surface area contributed by atoms with Crippen LogP contribution in [0.1, 0.15) is 57.1 Å². The molecule has 21 heavy (non-hydrogen) atoms. The molecule has 1 aliphatic carbocycles. The summed E-state index contributed by atoms with van der Waals surface area (Å²) in [6.45, 7) is 10.3. The highest BCUT2D eigenvalue weighted by Gasteiger charge is 2.29. The highest BCUT2D eigenvalue weighted by molar-refractivity contribution is 5.51. The van der Waals surface area contributed by atoms with Gasteiger partial charge in [-0.2, -0.15) is 0 Å². The predicted molar refractivity (Wildman–Crippen MR) is 87.8 cm³/mol. The van der Waals surface area contributed by atoms with Gasteiger partial charge in [0, 0.05) is 11.5 Å². The van der Waals surface area contributed by atoms with Crippen molar-refractivity contribution in [3.8, 4) is 11.5 Å². The van der Waals surface area contributed by atoms with Crippen LogP contribution >= 0.6 is 0 Å². The van der Waals surface area contributed by atoms with Crippen LogP contribution in [-0.2, 0) is 6.42 Å². The van der Waals surface area contributed by atoms with E-state index in [1.54, 1.807) is 12.1 Å². The number of rotatable bonds is 4. The van der Waals surface area contributed by atoms with Gasteiger partial charge in [0.25, 0.3) is 0 Å². The maximum atomic E-state index is 10.4. The first-order valence-corrected chi connectivity index (χ1v) is 7.81. The van der Waals surface area contributed by atoms with Crippen LogP contribution in [0.4, 0.5) is 0 Å². The van der Waals surface area contributed by atoms with Gasteiger partial charge in [0.1, 0.15) is 11.5 Å². The highest BCUT2D eigenvalue weighted by atomic mass is 16.3. The zero-order valence-electron chi connectivity index (χ0n) is 13.3. The van der Waals surface area contributed by atoms with Gasteiger partial charge >= 0.3 is 0 Å². The van der Waals surface area contributed by atoms with Gasteiger partial charge in [-0.1, -0.05) is 37.1 Å². The highest BCUT2D eigenvalue weighted by Crippen LogP contribution is 2.46. The van der Waals surface area contributed by atoms with E-state index in [9.17, 15) is 10.2 Å². The smallest absolute Gasteiger partial charge is 0.123 e. The van der Waals surface area contributed by atoms with Gasteiger partial charge in [-0.05, 0) is 56.7 Å². The fourth-order valence-electron chi connectivity index (χ4n) is 3.36. The van der Waals surface area contributed by atoms with E-state index >= 15 is 0 Å². The van der Waals surface area contributed by atoms with E-state index < -0.39 is 0 Å². The maximum Gasteiger partial charge on any atom is 0.123 e. The molecule has 0 bridgehead atoms. The van der Waals surface area contributed by atoms with Gasteiger partial charge in [-0.25, -0.2) is 0 Å². The monoisotopic (exact) mass is 286 g/mol. The Hall–Kier alpha value is -1.70. The number of benzene rings is 1. The molecule has 0 saturated heterocycles. The zero-order valence-corrected chi connectivity index (χ0v) is 13.3. The summed E-state index contributed by atoms with van der Waals surface area (Å²) in [4.78, 5) is 0. The van der Waals surface area contributed by atoms with Crippen molar-refractivity contribution in [2.75, 3.05) is 0 Å².